The van der Waals surface area contributed by atoms with Crippen LogP contribution >= 0.6 is 0 Å². The first kappa shape index (κ1) is 23.7. The lowest BCUT2D eigenvalue weighted by atomic mass is 10.2. The van der Waals surface area contributed by atoms with E-state index in [1.807, 2.05) is 49.6 Å². The van der Waals surface area contributed by atoms with Gasteiger partial charge in [0.1, 0.15) is 36.8 Å². The van der Waals surface area contributed by atoms with E-state index in [0.717, 1.165) is 29.2 Å². The van der Waals surface area contributed by atoms with E-state index in [1.165, 1.54) is 25.7 Å². The van der Waals surface area contributed by atoms with E-state index in [2.05, 4.69) is 32.3 Å². The number of halogens is 1. The maximum Gasteiger partial charge on any atom is 0.219 e. The number of aryl methyl sites for hydroxylation is 1. The molecule has 10 heteroatoms. The third kappa shape index (κ3) is 5.55. The largest absolute Gasteiger partial charge is 1.00 e. The van der Waals surface area contributed by atoms with Crippen molar-refractivity contribution < 1.29 is 26.8 Å². The number of benzene rings is 1. The molecule has 2 atom stereocenters. The van der Waals surface area contributed by atoms with Crippen molar-refractivity contribution in [3.05, 3.63) is 55.1 Å². The molecule has 1 aliphatic heterocycles. The molecule has 4 heterocycles. The number of hydrogen-bond acceptors (Lipinski definition) is 7. The Kier molecular flexibility index (Phi) is 7.44. The molecule has 1 fully saturated rings. The number of nitrogens with one attached hydrogen (secondary N) is 2. The third-order valence-electron chi connectivity index (χ3n) is 6.02. The van der Waals surface area contributed by atoms with Gasteiger partial charge in [-0.2, -0.15) is 5.10 Å². The number of pyridine rings is 1. The van der Waals surface area contributed by atoms with Crippen LogP contribution in [0.4, 0.5) is 11.6 Å². The first-order valence-corrected chi connectivity index (χ1v) is 11.3. The van der Waals surface area contributed by atoms with Crippen LogP contribution in [-0.2, 0) is 7.05 Å². The van der Waals surface area contributed by atoms with Crippen LogP contribution < -0.4 is 32.1 Å². The standard InChI is InChI=1S/C24H27N7O2.ClH/c1-17-4-3-10-31(17)12-13-32-19-6-8-23(25-15-19)33-18-5-7-21-20(14-18)24(27-16-26-21)28-22-9-11-30(2)29-22;/h5-9,11,14-17H,3-4,10,12-13H2,1-2H3,(H,26,27,28,29);1H/t17-;/m0./s1. The molecule has 0 radical (unpaired) electrons. The topological polar surface area (TPSA) is 91.4 Å². The number of hydrogen-bond donors (Lipinski definition) is 2. The number of rotatable bonds is 8. The summed E-state index contributed by atoms with van der Waals surface area (Å²) in [6, 6.07) is 12.0. The zero-order valence-electron chi connectivity index (χ0n) is 19.2. The zero-order valence-corrected chi connectivity index (χ0v) is 20.0. The monoisotopic (exact) mass is 481 g/mol. The summed E-state index contributed by atoms with van der Waals surface area (Å²) in [5.41, 5.74) is 0.807. The van der Waals surface area contributed by atoms with E-state index in [0.29, 0.717) is 29.9 Å². The summed E-state index contributed by atoms with van der Waals surface area (Å²) in [6.45, 7) is 5.27. The molecule has 3 aromatic heterocycles. The van der Waals surface area contributed by atoms with Gasteiger partial charge in [-0.05, 0) is 31.2 Å². The fraction of sp³-hybridized carbons (Fsp3) is 0.333. The van der Waals surface area contributed by atoms with E-state index < -0.39 is 0 Å². The molecule has 0 saturated carbocycles. The summed E-state index contributed by atoms with van der Waals surface area (Å²) in [5.74, 6) is 3.27. The van der Waals surface area contributed by atoms with Crippen LogP contribution in [0.5, 0.6) is 17.4 Å². The molecule has 9 nitrogen and oxygen atoms in total. The lowest BCUT2D eigenvalue weighted by Gasteiger charge is -2.18. The summed E-state index contributed by atoms with van der Waals surface area (Å²) in [6.07, 6.45) is 7.72. The van der Waals surface area contributed by atoms with Crippen LogP contribution in [0.1, 0.15) is 19.8 Å². The molecule has 0 amide bonds. The molecule has 5 rings (SSSR count). The van der Waals surface area contributed by atoms with Crippen molar-refractivity contribution in [2.75, 3.05) is 25.0 Å². The second-order valence-corrected chi connectivity index (χ2v) is 8.39. The van der Waals surface area contributed by atoms with Gasteiger partial charge >= 0.3 is 0 Å². The Bertz CT molecular complexity index is 1230. The smallest absolute Gasteiger partial charge is 0.219 e. The summed E-state index contributed by atoms with van der Waals surface area (Å²) in [7, 11) is 1.87. The molecule has 0 bridgehead atoms. The van der Waals surface area contributed by atoms with Crippen LogP contribution in [0.2, 0.25) is 0 Å². The highest BCUT2D eigenvalue weighted by Gasteiger charge is 2.23. The van der Waals surface area contributed by atoms with Gasteiger partial charge in [0.15, 0.2) is 5.82 Å². The molecule has 1 aliphatic rings. The molecule has 1 aromatic carbocycles. The van der Waals surface area contributed by atoms with Gasteiger partial charge in [0.2, 0.25) is 5.88 Å². The number of aromatic nitrogens is 5. The maximum atomic E-state index is 5.98. The van der Waals surface area contributed by atoms with E-state index in [4.69, 9.17) is 9.47 Å². The summed E-state index contributed by atoms with van der Waals surface area (Å²) in [4.78, 5) is 14.7. The molecule has 34 heavy (non-hydrogen) atoms. The molecular formula is C24H28ClN7O2. The first-order valence-electron chi connectivity index (χ1n) is 11.3. The van der Waals surface area contributed by atoms with Crippen LogP contribution in [0.15, 0.2) is 55.1 Å². The van der Waals surface area contributed by atoms with Crippen LogP contribution in [0.25, 0.3) is 10.9 Å². The van der Waals surface area contributed by atoms with E-state index in [1.54, 1.807) is 15.8 Å². The fourth-order valence-electron chi connectivity index (χ4n) is 4.19. The van der Waals surface area contributed by atoms with Crippen LogP contribution in [0, 0.1) is 0 Å². The minimum Gasteiger partial charge on any atom is -1.00 e. The Hall–Kier alpha value is -3.43. The van der Waals surface area contributed by atoms with Gasteiger partial charge in [-0.1, -0.05) is 0 Å². The van der Waals surface area contributed by atoms with Gasteiger partial charge in [0.05, 0.1) is 24.3 Å². The first-order chi connectivity index (χ1) is 16.1. The normalized spacial score (nSPS) is 17.4. The van der Waals surface area contributed by atoms with Gasteiger partial charge in [-0.15, -0.1) is 0 Å². The fourth-order valence-corrected chi connectivity index (χ4v) is 4.19. The lowest BCUT2D eigenvalue weighted by Crippen LogP contribution is -3.13. The molecule has 178 valence electrons. The summed E-state index contributed by atoms with van der Waals surface area (Å²) in [5, 5.41) is 8.42. The zero-order chi connectivity index (χ0) is 22.6. The molecular weight excluding hydrogens is 454 g/mol. The van der Waals surface area contributed by atoms with Crippen molar-refractivity contribution in [1.29, 1.82) is 0 Å². The maximum absolute atomic E-state index is 5.98. The average Bonchev–Trinajstić information content (AvgIpc) is 3.43. The molecule has 1 saturated heterocycles. The van der Waals surface area contributed by atoms with Gasteiger partial charge in [-0.25, -0.2) is 15.0 Å². The number of ether oxygens (including phenoxy) is 2. The van der Waals surface area contributed by atoms with E-state index in [9.17, 15) is 0 Å². The van der Waals surface area contributed by atoms with Crippen LogP contribution in [0.3, 0.4) is 0 Å². The molecule has 1 unspecified atom stereocenters. The number of fused-ring (bicyclic) bond motifs is 1. The Morgan fingerprint density at radius 1 is 1.12 bits per heavy atom. The summed E-state index contributed by atoms with van der Waals surface area (Å²) < 4.78 is 13.6. The number of anilines is 2. The Balaban J connectivity index is 0.00000274. The van der Waals surface area contributed by atoms with Crippen molar-refractivity contribution in [1.82, 2.24) is 24.7 Å². The molecule has 0 spiro atoms. The van der Waals surface area contributed by atoms with Gasteiger partial charge in [0.25, 0.3) is 0 Å². The highest BCUT2D eigenvalue weighted by Crippen LogP contribution is 2.28. The summed E-state index contributed by atoms with van der Waals surface area (Å²) >= 11 is 0. The molecule has 2 N–H and O–H groups in total. The average molecular weight is 482 g/mol. The van der Waals surface area contributed by atoms with Crippen LogP contribution in [-0.4, -0.2) is 50.5 Å². The Labute approximate surface area is 204 Å². The van der Waals surface area contributed by atoms with E-state index >= 15 is 0 Å². The third-order valence-corrected chi connectivity index (χ3v) is 6.02. The van der Waals surface area contributed by atoms with Crippen molar-refractivity contribution in [2.45, 2.75) is 25.8 Å². The van der Waals surface area contributed by atoms with Gasteiger partial charge in [-0.3, -0.25) is 4.68 Å². The second kappa shape index (κ2) is 10.7. The lowest BCUT2D eigenvalue weighted by molar-refractivity contribution is -0.910. The SMILES string of the molecule is C[C@H]1CCC[NH+]1CCOc1ccc(Oc2ccc3ncnc(Nc4ccn(C)n4)c3c2)nc1.[Cl-]. The number of quaternary nitrogens is 1. The molecule has 4 aromatic rings. The Morgan fingerprint density at radius 3 is 2.74 bits per heavy atom. The quantitative estimate of drug-likeness (QED) is 0.358. The second-order valence-electron chi connectivity index (χ2n) is 8.39. The minimum absolute atomic E-state index is 0. The van der Waals surface area contributed by atoms with E-state index in [-0.39, 0.29) is 12.4 Å². The molecule has 0 aliphatic carbocycles. The van der Waals surface area contributed by atoms with Crippen molar-refractivity contribution in [2.24, 2.45) is 7.05 Å². The van der Waals surface area contributed by atoms with Gasteiger partial charge in [0, 0.05) is 43.6 Å². The highest BCUT2D eigenvalue weighted by atomic mass is 35.5. The number of likely N-dealkylation sites (tertiary alicyclic amines) is 1. The Morgan fingerprint density at radius 2 is 2.00 bits per heavy atom. The van der Waals surface area contributed by atoms with Crippen molar-refractivity contribution in [3.8, 4) is 17.4 Å². The van der Waals surface area contributed by atoms with Crippen molar-refractivity contribution >= 4 is 22.5 Å². The van der Waals surface area contributed by atoms with Crippen molar-refractivity contribution in [3.63, 3.8) is 0 Å². The minimum atomic E-state index is 0. The highest BCUT2D eigenvalue weighted by molar-refractivity contribution is 5.91. The van der Waals surface area contributed by atoms with Gasteiger partial charge < -0.3 is 32.1 Å². The predicted octanol–water partition coefficient (Wildman–Crippen LogP) is -0.256. The number of nitrogens with zero attached hydrogens (tertiary/aromatic N) is 5. The predicted molar refractivity (Wildman–Crippen MR) is 125 cm³/mol.